The van der Waals surface area contributed by atoms with E-state index in [1.807, 2.05) is 6.92 Å². The van der Waals surface area contributed by atoms with Gasteiger partial charge in [0.05, 0.1) is 24.9 Å². The normalized spacial score (nSPS) is 41.5. The minimum absolute atomic E-state index is 0.0690. The van der Waals surface area contributed by atoms with E-state index in [4.69, 9.17) is 23.7 Å². The Morgan fingerprint density at radius 3 is 2.17 bits per heavy atom. The molecule has 6 N–H and O–H groups in total. The van der Waals surface area contributed by atoms with Gasteiger partial charge in [-0.1, -0.05) is 45.4 Å². The summed E-state index contributed by atoms with van der Waals surface area (Å²) in [6.45, 7) is 4.29. The van der Waals surface area contributed by atoms with E-state index in [1.54, 1.807) is 21.0 Å². The van der Waals surface area contributed by atoms with Crippen LogP contribution in [-0.4, -0.2) is 143 Å². The molecular formula is C32H56N2O12. The molecule has 14 nitrogen and oxygen atoms in total. The van der Waals surface area contributed by atoms with E-state index in [0.717, 1.165) is 44.9 Å². The third-order valence-corrected chi connectivity index (χ3v) is 10.0. The molecule has 2 aliphatic carbocycles. The molecule has 0 aromatic rings. The minimum Gasteiger partial charge on any atom is -0.394 e. The van der Waals surface area contributed by atoms with Crippen molar-refractivity contribution < 1.29 is 58.8 Å². The van der Waals surface area contributed by atoms with Gasteiger partial charge in [0.15, 0.2) is 12.6 Å². The third-order valence-electron chi connectivity index (χ3n) is 10.0. The van der Waals surface area contributed by atoms with Crippen LogP contribution in [0.25, 0.3) is 0 Å². The standard InChI is InChI=1S/C32H56N2O12/c1-16-10-9-13-20(28(16)46-32-27(40)26(39)24(37)17(2)42-32)44-31-23(33-18(3)36)29(25(38)22(15-35)45-31)43-21(30(41)34(4)5)14-19-11-7-6-8-12-19/h16-17,19-29,31-32,35,37-40H,6-15H2,1-5H3,(H,33,36)/t16?,17-,20+,21-,22-,23?,24-,25-,26?,27-,28+,29?,31+,32?/m0/s1. The van der Waals surface area contributed by atoms with E-state index in [1.165, 1.54) is 11.8 Å². The second-order valence-corrected chi connectivity index (χ2v) is 13.9. The maximum atomic E-state index is 13.4. The summed E-state index contributed by atoms with van der Waals surface area (Å²) in [6, 6.07) is -1.05. The summed E-state index contributed by atoms with van der Waals surface area (Å²) in [7, 11) is 3.29. The largest absolute Gasteiger partial charge is 0.394 e. The quantitative estimate of drug-likeness (QED) is 0.171. The molecule has 4 fully saturated rings. The van der Waals surface area contributed by atoms with Crippen LogP contribution in [0.5, 0.6) is 0 Å². The lowest BCUT2D eigenvalue weighted by atomic mass is 9.84. The SMILES string of the molecule is CC(=O)NC1C(O[C@@H](CC2CCCCC2)C(=O)N(C)C)[C@@H](O)[C@H](CO)O[C@H]1O[C@@H]1CCCC(C)[C@H]1OC1O[C@@H](C)[C@H](O)C(O)[C@@H]1O. The Bertz CT molecular complexity index is 983. The Balaban J connectivity index is 1.58. The smallest absolute Gasteiger partial charge is 0.251 e. The van der Waals surface area contributed by atoms with Gasteiger partial charge < -0.3 is 59.4 Å². The maximum Gasteiger partial charge on any atom is 0.251 e. The molecular weight excluding hydrogens is 604 g/mol. The van der Waals surface area contributed by atoms with E-state index in [9.17, 15) is 35.1 Å². The Labute approximate surface area is 271 Å². The minimum atomic E-state index is -1.50. The molecule has 46 heavy (non-hydrogen) atoms. The number of nitrogens with zero attached hydrogens (tertiary/aromatic N) is 1. The Morgan fingerprint density at radius 2 is 1.54 bits per heavy atom. The Hall–Kier alpha value is -1.46. The lowest BCUT2D eigenvalue weighted by Gasteiger charge is -2.48. The van der Waals surface area contributed by atoms with Crippen molar-refractivity contribution in [2.75, 3.05) is 20.7 Å². The number of aliphatic hydroxyl groups is 5. The van der Waals surface area contributed by atoms with Gasteiger partial charge in [-0.25, -0.2) is 0 Å². The first-order chi connectivity index (χ1) is 21.8. The van der Waals surface area contributed by atoms with Crippen molar-refractivity contribution in [1.82, 2.24) is 10.2 Å². The van der Waals surface area contributed by atoms with Crippen LogP contribution in [0.3, 0.4) is 0 Å². The third kappa shape index (κ3) is 8.95. The number of carbonyl (C=O) groups is 2. The molecule has 0 aromatic carbocycles. The molecule has 266 valence electrons. The highest BCUT2D eigenvalue weighted by atomic mass is 16.7. The first kappa shape index (κ1) is 37.4. The van der Waals surface area contributed by atoms with Crippen LogP contribution in [0.15, 0.2) is 0 Å². The number of hydrogen-bond donors (Lipinski definition) is 6. The Morgan fingerprint density at radius 1 is 0.848 bits per heavy atom. The van der Waals surface area contributed by atoms with Crippen LogP contribution in [0, 0.1) is 11.8 Å². The van der Waals surface area contributed by atoms with Gasteiger partial charge in [0, 0.05) is 21.0 Å². The van der Waals surface area contributed by atoms with Gasteiger partial charge in [-0.15, -0.1) is 0 Å². The molecule has 2 aliphatic heterocycles. The van der Waals surface area contributed by atoms with E-state index < -0.39 is 92.2 Å². The van der Waals surface area contributed by atoms with Gasteiger partial charge >= 0.3 is 0 Å². The highest BCUT2D eigenvalue weighted by Crippen LogP contribution is 2.36. The molecule has 14 atom stereocenters. The molecule has 2 heterocycles. The monoisotopic (exact) mass is 660 g/mol. The molecule has 14 heteroatoms. The molecule has 2 saturated carbocycles. The summed E-state index contributed by atoms with van der Waals surface area (Å²) in [5, 5.41) is 55.5. The van der Waals surface area contributed by atoms with E-state index in [-0.39, 0.29) is 17.7 Å². The van der Waals surface area contributed by atoms with Crippen molar-refractivity contribution >= 4 is 11.8 Å². The number of ether oxygens (including phenoxy) is 5. The van der Waals surface area contributed by atoms with Gasteiger partial charge in [0.2, 0.25) is 5.91 Å². The first-order valence-corrected chi connectivity index (χ1v) is 16.9. The molecule has 2 amide bonds. The van der Waals surface area contributed by atoms with Gasteiger partial charge in [-0.3, -0.25) is 9.59 Å². The topological polar surface area (TPSA) is 197 Å². The molecule has 0 radical (unpaired) electrons. The molecule has 0 spiro atoms. The van der Waals surface area contributed by atoms with Crippen LogP contribution in [0.4, 0.5) is 0 Å². The average Bonchev–Trinajstić information content (AvgIpc) is 3.02. The second kappa shape index (κ2) is 16.8. The van der Waals surface area contributed by atoms with Gasteiger partial charge in [-0.2, -0.15) is 0 Å². The summed E-state index contributed by atoms with van der Waals surface area (Å²) in [5.74, 6) is -0.481. The van der Waals surface area contributed by atoms with Gasteiger partial charge in [-0.05, 0) is 38.0 Å². The number of likely N-dealkylation sites (N-methyl/N-ethyl adjacent to an activating group) is 1. The van der Waals surface area contributed by atoms with Crippen molar-refractivity contribution in [3.8, 4) is 0 Å². The number of aliphatic hydroxyl groups excluding tert-OH is 5. The molecule has 4 aliphatic rings. The number of hydrogen-bond acceptors (Lipinski definition) is 12. The fraction of sp³-hybridized carbons (Fsp3) is 0.938. The lowest BCUT2D eigenvalue weighted by Crippen LogP contribution is -2.67. The summed E-state index contributed by atoms with van der Waals surface area (Å²) in [6.07, 6.45) is -5.50. The second-order valence-electron chi connectivity index (χ2n) is 13.9. The average molecular weight is 661 g/mol. The number of carbonyl (C=O) groups excluding carboxylic acids is 2. The number of rotatable bonds is 11. The van der Waals surface area contributed by atoms with Crippen molar-refractivity contribution in [3.05, 3.63) is 0 Å². The molecule has 0 bridgehead atoms. The van der Waals surface area contributed by atoms with Crippen molar-refractivity contribution in [2.45, 2.75) is 158 Å². The molecule has 2 saturated heterocycles. The summed E-state index contributed by atoms with van der Waals surface area (Å²) < 4.78 is 31.0. The fourth-order valence-corrected chi connectivity index (χ4v) is 7.31. The molecule has 5 unspecified atom stereocenters. The number of amides is 2. The predicted octanol–water partition coefficient (Wildman–Crippen LogP) is -0.200. The highest BCUT2D eigenvalue weighted by Gasteiger charge is 2.51. The summed E-state index contributed by atoms with van der Waals surface area (Å²) in [5.41, 5.74) is 0. The fourth-order valence-electron chi connectivity index (χ4n) is 7.31. The summed E-state index contributed by atoms with van der Waals surface area (Å²) >= 11 is 0. The first-order valence-electron chi connectivity index (χ1n) is 16.9. The van der Waals surface area contributed by atoms with Crippen molar-refractivity contribution in [2.24, 2.45) is 11.8 Å². The number of nitrogens with one attached hydrogen (secondary N) is 1. The maximum absolute atomic E-state index is 13.4. The zero-order valence-corrected chi connectivity index (χ0v) is 27.8. The zero-order chi connectivity index (χ0) is 33.7. The van der Waals surface area contributed by atoms with Crippen LogP contribution in [0.1, 0.15) is 78.6 Å². The van der Waals surface area contributed by atoms with Crippen molar-refractivity contribution in [3.63, 3.8) is 0 Å². The predicted molar refractivity (Wildman–Crippen MR) is 163 cm³/mol. The van der Waals surface area contributed by atoms with Crippen LogP contribution in [0.2, 0.25) is 0 Å². The summed E-state index contributed by atoms with van der Waals surface area (Å²) in [4.78, 5) is 27.3. The van der Waals surface area contributed by atoms with Gasteiger partial charge in [0.1, 0.15) is 48.8 Å². The van der Waals surface area contributed by atoms with Crippen LogP contribution in [-0.2, 0) is 33.3 Å². The highest BCUT2D eigenvalue weighted by molar-refractivity contribution is 5.80. The molecule has 4 rings (SSSR count). The van der Waals surface area contributed by atoms with Crippen LogP contribution < -0.4 is 5.32 Å². The van der Waals surface area contributed by atoms with E-state index in [2.05, 4.69) is 5.32 Å². The lowest BCUT2D eigenvalue weighted by molar-refractivity contribution is -0.336. The molecule has 0 aromatic heterocycles. The zero-order valence-electron chi connectivity index (χ0n) is 27.8. The van der Waals surface area contributed by atoms with E-state index >= 15 is 0 Å². The van der Waals surface area contributed by atoms with Crippen molar-refractivity contribution in [1.29, 1.82) is 0 Å². The Kier molecular flexibility index (Phi) is 13.6. The van der Waals surface area contributed by atoms with Crippen LogP contribution >= 0.6 is 0 Å². The van der Waals surface area contributed by atoms with Gasteiger partial charge in [0.25, 0.3) is 5.91 Å². The van der Waals surface area contributed by atoms with E-state index in [0.29, 0.717) is 12.8 Å².